The molecule has 0 aliphatic heterocycles. The summed E-state index contributed by atoms with van der Waals surface area (Å²) in [5.74, 6) is 1.43. The molecule has 0 spiro atoms. The van der Waals surface area contributed by atoms with Crippen molar-refractivity contribution in [3.63, 3.8) is 0 Å². The molecule has 19 heavy (non-hydrogen) atoms. The van der Waals surface area contributed by atoms with Crippen molar-refractivity contribution in [3.8, 4) is 0 Å². The van der Waals surface area contributed by atoms with Crippen molar-refractivity contribution in [3.05, 3.63) is 47.7 Å². The molecule has 0 bridgehead atoms. The van der Waals surface area contributed by atoms with Crippen molar-refractivity contribution < 1.29 is 4.39 Å². The molecule has 0 unspecified atom stereocenters. The SMILES string of the molecule is Cc1cc(Nc2ccccc2F)n2nc(C)nc2n1. The normalized spacial score (nSPS) is 10.9. The first-order valence-corrected chi connectivity index (χ1v) is 5.86. The van der Waals surface area contributed by atoms with Gasteiger partial charge in [-0.1, -0.05) is 12.1 Å². The fraction of sp³-hybridized carbons (Fsp3) is 0.154. The Hall–Kier alpha value is -2.50. The number of halogens is 1. The minimum atomic E-state index is -0.318. The number of rotatable bonds is 2. The highest BCUT2D eigenvalue weighted by Gasteiger charge is 2.09. The third-order valence-electron chi connectivity index (χ3n) is 2.68. The van der Waals surface area contributed by atoms with E-state index in [2.05, 4.69) is 20.4 Å². The van der Waals surface area contributed by atoms with Gasteiger partial charge in [-0.05, 0) is 26.0 Å². The summed E-state index contributed by atoms with van der Waals surface area (Å²) >= 11 is 0. The summed E-state index contributed by atoms with van der Waals surface area (Å²) < 4.78 is 15.2. The van der Waals surface area contributed by atoms with E-state index in [1.54, 1.807) is 35.7 Å². The fourth-order valence-electron chi connectivity index (χ4n) is 1.88. The van der Waals surface area contributed by atoms with Gasteiger partial charge in [0.2, 0.25) is 0 Å². The van der Waals surface area contributed by atoms with Crippen molar-refractivity contribution in [1.82, 2.24) is 19.6 Å². The number of anilines is 2. The van der Waals surface area contributed by atoms with Crippen LogP contribution < -0.4 is 5.32 Å². The van der Waals surface area contributed by atoms with Crippen LogP contribution in [0.5, 0.6) is 0 Å². The second-order valence-electron chi connectivity index (χ2n) is 4.26. The molecule has 1 aromatic carbocycles. The van der Waals surface area contributed by atoms with Crippen LogP contribution in [-0.4, -0.2) is 19.6 Å². The number of aromatic nitrogens is 4. The van der Waals surface area contributed by atoms with Crippen LogP contribution in [0.3, 0.4) is 0 Å². The molecule has 0 amide bonds. The maximum Gasteiger partial charge on any atom is 0.254 e. The minimum absolute atomic E-state index is 0.318. The van der Waals surface area contributed by atoms with E-state index < -0.39 is 0 Å². The van der Waals surface area contributed by atoms with Gasteiger partial charge in [-0.3, -0.25) is 0 Å². The summed E-state index contributed by atoms with van der Waals surface area (Å²) in [7, 11) is 0. The molecule has 3 rings (SSSR count). The highest BCUT2D eigenvalue weighted by molar-refractivity contribution is 5.59. The van der Waals surface area contributed by atoms with E-state index in [-0.39, 0.29) is 5.82 Å². The Morgan fingerprint density at radius 3 is 2.74 bits per heavy atom. The number of para-hydroxylation sites is 1. The van der Waals surface area contributed by atoms with Gasteiger partial charge in [0.05, 0.1) is 5.69 Å². The van der Waals surface area contributed by atoms with Crippen LogP contribution >= 0.6 is 0 Å². The molecule has 5 nitrogen and oxygen atoms in total. The highest BCUT2D eigenvalue weighted by Crippen LogP contribution is 2.20. The Morgan fingerprint density at radius 2 is 1.95 bits per heavy atom. The molecule has 0 aliphatic carbocycles. The van der Waals surface area contributed by atoms with Crippen LogP contribution in [-0.2, 0) is 0 Å². The van der Waals surface area contributed by atoms with Crippen LogP contribution in [0, 0.1) is 19.7 Å². The predicted octanol–water partition coefficient (Wildman–Crippen LogP) is 2.62. The molecule has 0 fully saturated rings. The predicted molar refractivity (Wildman–Crippen MR) is 69.9 cm³/mol. The Kier molecular flexibility index (Phi) is 2.63. The fourth-order valence-corrected chi connectivity index (χ4v) is 1.88. The number of hydrogen-bond donors (Lipinski definition) is 1. The van der Waals surface area contributed by atoms with Crippen molar-refractivity contribution in [2.24, 2.45) is 0 Å². The summed E-state index contributed by atoms with van der Waals surface area (Å²) in [5.41, 5.74) is 1.18. The molecule has 2 aromatic heterocycles. The lowest BCUT2D eigenvalue weighted by atomic mass is 10.3. The second-order valence-corrected chi connectivity index (χ2v) is 4.26. The number of nitrogens with zero attached hydrogens (tertiary/aromatic N) is 4. The maximum absolute atomic E-state index is 13.7. The standard InChI is InChI=1S/C13H12FN5/c1-8-7-12(17-11-6-4-3-5-10(11)14)19-13(15-8)16-9(2)18-19/h3-7,17H,1-2H3. The first-order chi connectivity index (χ1) is 9.13. The van der Waals surface area contributed by atoms with Crippen LogP contribution in [0.25, 0.3) is 5.78 Å². The summed E-state index contributed by atoms with van der Waals surface area (Å²) in [6.07, 6.45) is 0. The third kappa shape index (κ3) is 2.12. The number of hydrogen-bond acceptors (Lipinski definition) is 4. The zero-order chi connectivity index (χ0) is 13.4. The molecule has 3 aromatic rings. The lowest BCUT2D eigenvalue weighted by Gasteiger charge is -2.09. The molecule has 0 atom stereocenters. The minimum Gasteiger partial charge on any atom is -0.338 e. The van der Waals surface area contributed by atoms with Gasteiger partial charge in [-0.2, -0.15) is 9.50 Å². The van der Waals surface area contributed by atoms with Crippen LogP contribution in [0.1, 0.15) is 11.5 Å². The molecule has 1 N–H and O–H groups in total. The van der Waals surface area contributed by atoms with Crippen molar-refractivity contribution in [1.29, 1.82) is 0 Å². The summed E-state index contributed by atoms with van der Waals surface area (Å²) in [5, 5.41) is 7.25. The van der Waals surface area contributed by atoms with Gasteiger partial charge in [0.15, 0.2) is 0 Å². The van der Waals surface area contributed by atoms with E-state index in [4.69, 9.17) is 0 Å². The molecule has 2 heterocycles. The zero-order valence-corrected chi connectivity index (χ0v) is 10.6. The van der Waals surface area contributed by atoms with Gasteiger partial charge in [-0.25, -0.2) is 9.37 Å². The van der Waals surface area contributed by atoms with E-state index in [1.165, 1.54) is 6.07 Å². The number of benzene rings is 1. The molecule has 6 heteroatoms. The molecule has 0 saturated carbocycles. The highest BCUT2D eigenvalue weighted by atomic mass is 19.1. The van der Waals surface area contributed by atoms with Gasteiger partial charge < -0.3 is 5.32 Å². The Balaban J connectivity index is 2.12. The zero-order valence-electron chi connectivity index (χ0n) is 10.6. The van der Waals surface area contributed by atoms with Gasteiger partial charge in [0.1, 0.15) is 17.5 Å². The molecule has 0 radical (unpaired) electrons. The third-order valence-corrected chi connectivity index (χ3v) is 2.68. The first kappa shape index (κ1) is 11.6. The Labute approximate surface area is 109 Å². The van der Waals surface area contributed by atoms with E-state index in [1.807, 2.05) is 6.92 Å². The van der Waals surface area contributed by atoms with Gasteiger partial charge in [0, 0.05) is 11.8 Å². The van der Waals surface area contributed by atoms with E-state index in [0.29, 0.717) is 23.1 Å². The van der Waals surface area contributed by atoms with Crippen LogP contribution in [0.15, 0.2) is 30.3 Å². The first-order valence-electron chi connectivity index (χ1n) is 5.86. The van der Waals surface area contributed by atoms with Crippen molar-refractivity contribution >= 4 is 17.3 Å². The van der Waals surface area contributed by atoms with Crippen LogP contribution in [0.2, 0.25) is 0 Å². The lowest BCUT2D eigenvalue weighted by molar-refractivity contribution is 0.631. The smallest absolute Gasteiger partial charge is 0.254 e. The van der Waals surface area contributed by atoms with E-state index in [9.17, 15) is 4.39 Å². The quantitative estimate of drug-likeness (QED) is 0.766. The lowest BCUT2D eigenvalue weighted by Crippen LogP contribution is -2.03. The second kappa shape index (κ2) is 4.31. The monoisotopic (exact) mass is 257 g/mol. The molecule has 96 valence electrons. The largest absolute Gasteiger partial charge is 0.338 e. The van der Waals surface area contributed by atoms with E-state index in [0.717, 1.165) is 5.69 Å². The Bertz CT molecular complexity index is 750. The number of fused-ring (bicyclic) bond motifs is 1. The molecule has 0 saturated heterocycles. The van der Waals surface area contributed by atoms with Gasteiger partial charge in [-0.15, -0.1) is 5.10 Å². The summed E-state index contributed by atoms with van der Waals surface area (Å²) in [6, 6.07) is 8.28. The van der Waals surface area contributed by atoms with Gasteiger partial charge in [0.25, 0.3) is 5.78 Å². The van der Waals surface area contributed by atoms with Gasteiger partial charge >= 0.3 is 0 Å². The maximum atomic E-state index is 13.7. The molecular weight excluding hydrogens is 245 g/mol. The number of nitrogens with one attached hydrogen (secondary N) is 1. The average molecular weight is 257 g/mol. The van der Waals surface area contributed by atoms with Crippen molar-refractivity contribution in [2.75, 3.05) is 5.32 Å². The topological polar surface area (TPSA) is 55.1 Å². The Morgan fingerprint density at radius 1 is 1.16 bits per heavy atom. The van der Waals surface area contributed by atoms with E-state index >= 15 is 0 Å². The van der Waals surface area contributed by atoms with Crippen molar-refractivity contribution in [2.45, 2.75) is 13.8 Å². The average Bonchev–Trinajstić information content (AvgIpc) is 2.72. The molecule has 0 aliphatic rings. The van der Waals surface area contributed by atoms with Crippen LogP contribution in [0.4, 0.5) is 15.9 Å². The summed E-state index contributed by atoms with van der Waals surface area (Å²) in [4.78, 5) is 8.48. The summed E-state index contributed by atoms with van der Waals surface area (Å²) in [6.45, 7) is 3.65. The molecular formula is C13H12FN5. The number of aryl methyl sites for hydroxylation is 2.